The smallest absolute Gasteiger partial charge is 0.119 e. The molecule has 2 nitrogen and oxygen atoms in total. The summed E-state index contributed by atoms with van der Waals surface area (Å²) in [6.07, 6.45) is 9.73. The molecular formula is C16H26O2. The molecule has 0 radical (unpaired) electrons. The Bertz CT molecular complexity index is 272. The first kappa shape index (κ1) is 15.0. The van der Waals surface area contributed by atoms with Gasteiger partial charge in [0.15, 0.2) is 0 Å². The quantitative estimate of drug-likeness (QED) is 0.597. The maximum atomic E-state index is 8.65. The lowest BCUT2D eigenvalue weighted by molar-refractivity contribution is 0.282. The van der Waals surface area contributed by atoms with Crippen molar-refractivity contribution in [2.24, 2.45) is 0 Å². The molecule has 18 heavy (non-hydrogen) atoms. The van der Waals surface area contributed by atoms with Gasteiger partial charge in [-0.15, -0.1) is 0 Å². The van der Waals surface area contributed by atoms with Crippen molar-refractivity contribution in [2.75, 3.05) is 13.2 Å². The third-order valence-electron chi connectivity index (χ3n) is 3.06. The van der Waals surface area contributed by atoms with Crippen molar-refractivity contribution in [3.63, 3.8) is 0 Å². The molecular weight excluding hydrogens is 224 g/mol. The lowest BCUT2D eigenvalue weighted by Gasteiger charge is -2.05. The highest BCUT2D eigenvalue weighted by Gasteiger charge is 1.94. The predicted octanol–water partition coefficient (Wildman–Crippen LogP) is 4.18. The van der Waals surface area contributed by atoms with Crippen molar-refractivity contribution < 1.29 is 9.84 Å². The van der Waals surface area contributed by atoms with Crippen LogP contribution in [-0.2, 0) is 0 Å². The number of hydrogen-bond acceptors (Lipinski definition) is 2. The fourth-order valence-electron chi connectivity index (χ4n) is 1.98. The van der Waals surface area contributed by atoms with Crippen LogP contribution in [0, 0.1) is 0 Å². The Morgan fingerprint density at radius 3 is 1.89 bits per heavy atom. The van der Waals surface area contributed by atoms with Crippen molar-refractivity contribution in [1.29, 1.82) is 0 Å². The second-order valence-corrected chi connectivity index (χ2v) is 4.71. The van der Waals surface area contributed by atoms with E-state index in [0.717, 1.165) is 25.2 Å². The first-order valence-electron chi connectivity index (χ1n) is 7.22. The third-order valence-corrected chi connectivity index (χ3v) is 3.06. The second kappa shape index (κ2) is 11.1. The summed E-state index contributed by atoms with van der Waals surface area (Å²) in [5.74, 6) is 0.974. The molecule has 0 heterocycles. The number of benzene rings is 1. The highest BCUT2D eigenvalue weighted by Crippen LogP contribution is 2.11. The molecule has 2 heteroatoms. The van der Waals surface area contributed by atoms with Crippen LogP contribution in [0.1, 0.15) is 51.4 Å². The summed E-state index contributed by atoms with van der Waals surface area (Å²) >= 11 is 0. The predicted molar refractivity (Wildman–Crippen MR) is 76.0 cm³/mol. The molecule has 102 valence electrons. The monoisotopic (exact) mass is 250 g/mol. The summed E-state index contributed by atoms with van der Waals surface area (Å²) in [5.41, 5.74) is 0. The molecule has 0 aromatic heterocycles. The van der Waals surface area contributed by atoms with Crippen LogP contribution in [0.25, 0.3) is 0 Å². The maximum Gasteiger partial charge on any atom is 0.119 e. The Kier molecular flexibility index (Phi) is 9.27. The van der Waals surface area contributed by atoms with Gasteiger partial charge in [0.05, 0.1) is 6.61 Å². The molecule has 1 aromatic carbocycles. The number of hydrogen-bond donors (Lipinski definition) is 1. The standard InChI is InChI=1S/C16H26O2/c17-14-10-5-3-1-2-4-6-11-15-18-16-12-8-7-9-13-16/h7-9,12-13,17H,1-6,10-11,14-15H2. The molecule has 0 atom stereocenters. The van der Waals surface area contributed by atoms with Gasteiger partial charge in [-0.3, -0.25) is 0 Å². The number of unbranched alkanes of at least 4 members (excludes halogenated alkanes) is 7. The minimum atomic E-state index is 0.344. The van der Waals surface area contributed by atoms with Crippen LogP contribution < -0.4 is 4.74 Å². The van der Waals surface area contributed by atoms with E-state index in [1.807, 2.05) is 30.3 Å². The molecule has 0 aliphatic heterocycles. The topological polar surface area (TPSA) is 29.5 Å². The number of rotatable bonds is 11. The van der Waals surface area contributed by atoms with E-state index in [-0.39, 0.29) is 0 Å². The summed E-state index contributed by atoms with van der Waals surface area (Å²) < 4.78 is 5.64. The Labute approximate surface area is 111 Å². The van der Waals surface area contributed by atoms with E-state index >= 15 is 0 Å². The third kappa shape index (κ3) is 8.13. The second-order valence-electron chi connectivity index (χ2n) is 4.71. The van der Waals surface area contributed by atoms with Gasteiger partial charge in [0.2, 0.25) is 0 Å². The van der Waals surface area contributed by atoms with E-state index in [1.54, 1.807) is 0 Å². The summed E-state index contributed by atoms with van der Waals surface area (Å²) in [7, 11) is 0. The number of aliphatic hydroxyl groups excluding tert-OH is 1. The zero-order chi connectivity index (χ0) is 12.9. The number of aliphatic hydroxyl groups is 1. The van der Waals surface area contributed by atoms with E-state index in [9.17, 15) is 0 Å². The average Bonchev–Trinajstić information content (AvgIpc) is 2.42. The van der Waals surface area contributed by atoms with E-state index in [1.165, 1.54) is 38.5 Å². The average molecular weight is 250 g/mol. The summed E-state index contributed by atoms with van der Waals surface area (Å²) in [6, 6.07) is 10.0. The van der Waals surface area contributed by atoms with Gasteiger partial charge in [0, 0.05) is 6.61 Å². The van der Waals surface area contributed by atoms with Gasteiger partial charge in [-0.25, -0.2) is 0 Å². The zero-order valence-electron chi connectivity index (χ0n) is 11.3. The van der Waals surface area contributed by atoms with Crippen LogP contribution >= 0.6 is 0 Å². The van der Waals surface area contributed by atoms with Gasteiger partial charge in [-0.05, 0) is 25.0 Å². The van der Waals surface area contributed by atoms with Gasteiger partial charge >= 0.3 is 0 Å². The molecule has 0 amide bonds. The first-order valence-corrected chi connectivity index (χ1v) is 7.22. The first-order chi connectivity index (χ1) is 8.93. The Morgan fingerprint density at radius 1 is 0.722 bits per heavy atom. The lowest BCUT2D eigenvalue weighted by Crippen LogP contribution is -1.96. The minimum absolute atomic E-state index is 0.344. The molecule has 0 fully saturated rings. The van der Waals surface area contributed by atoms with Crippen LogP contribution in [0.3, 0.4) is 0 Å². The van der Waals surface area contributed by atoms with Gasteiger partial charge in [-0.2, -0.15) is 0 Å². The van der Waals surface area contributed by atoms with E-state index in [4.69, 9.17) is 9.84 Å². The molecule has 0 unspecified atom stereocenters. The van der Waals surface area contributed by atoms with Gasteiger partial charge < -0.3 is 9.84 Å². The van der Waals surface area contributed by atoms with Crippen molar-refractivity contribution >= 4 is 0 Å². The van der Waals surface area contributed by atoms with E-state index in [2.05, 4.69) is 0 Å². The summed E-state index contributed by atoms with van der Waals surface area (Å²) in [4.78, 5) is 0. The number of ether oxygens (including phenoxy) is 1. The van der Waals surface area contributed by atoms with Crippen molar-refractivity contribution in [1.82, 2.24) is 0 Å². The SMILES string of the molecule is OCCCCCCCCCCOc1ccccc1. The molecule has 0 aliphatic carbocycles. The molecule has 0 bridgehead atoms. The molecule has 1 aromatic rings. The summed E-state index contributed by atoms with van der Waals surface area (Å²) in [6.45, 7) is 1.17. The molecule has 1 rings (SSSR count). The van der Waals surface area contributed by atoms with Crippen LogP contribution in [0.5, 0.6) is 5.75 Å². The lowest BCUT2D eigenvalue weighted by atomic mass is 10.1. The van der Waals surface area contributed by atoms with Crippen LogP contribution in [0.15, 0.2) is 30.3 Å². The van der Waals surface area contributed by atoms with Gasteiger partial charge in [-0.1, -0.05) is 56.7 Å². The molecule has 0 saturated heterocycles. The Balaban J connectivity index is 1.82. The van der Waals surface area contributed by atoms with Gasteiger partial charge in [0.25, 0.3) is 0 Å². The Hall–Kier alpha value is -1.02. The molecule has 0 aliphatic rings. The molecule has 0 saturated carbocycles. The fourth-order valence-corrected chi connectivity index (χ4v) is 1.98. The maximum absolute atomic E-state index is 8.65. The summed E-state index contributed by atoms with van der Waals surface area (Å²) in [5, 5.41) is 8.65. The van der Waals surface area contributed by atoms with Gasteiger partial charge in [0.1, 0.15) is 5.75 Å². The van der Waals surface area contributed by atoms with Crippen molar-refractivity contribution in [3.8, 4) is 5.75 Å². The zero-order valence-corrected chi connectivity index (χ0v) is 11.3. The number of para-hydroxylation sites is 1. The molecule has 0 spiro atoms. The van der Waals surface area contributed by atoms with Crippen LogP contribution in [0.2, 0.25) is 0 Å². The van der Waals surface area contributed by atoms with Crippen LogP contribution in [0.4, 0.5) is 0 Å². The molecule has 1 N–H and O–H groups in total. The van der Waals surface area contributed by atoms with Crippen molar-refractivity contribution in [2.45, 2.75) is 51.4 Å². The highest BCUT2D eigenvalue weighted by atomic mass is 16.5. The largest absolute Gasteiger partial charge is 0.494 e. The highest BCUT2D eigenvalue weighted by molar-refractivity contribution is 5.20. The van der Waals surface area contributed by atoms with Crippen molar-refractivity contribution in [3.05, 3.63) is 30.3 Å². The van der Waals surface area contributed by atoms with E-state index < -0.39 is 0 Å². The van der Waals surface area contributed by atoms with Crippen LogP contribution in [-0.4, -0.2) is 18.3 Å². The fraction of sp³-hybridized carbons (Fsp3) is 0.625. The normalized spacial score (nSPS) is 10.5. The van der Waals surface area contributed by atoms with E-state index in [0.29, 0.717) is 6.61 Å². The minimum Gasteiger partial charge on any atom is -0.494 e. The Morgan fingerprint density at radius 2 is 1.28 bits per heavy atom.